The Hall–Kier alpha value is -4.99. The standard InChI is InChI=1S/C28H23FN8O/c1-15(2)7-25(38)33-17-8-16(10-30-11-17)22-9-19-23(14-32-22)36-37-27(19)28-34-24-13-31-12-20(26(24)35-28)18-5-3-4-6-21(18)29/h3-6,8-15H,7H2,1-2H3,(H,33,38)(H,34,35)(H,36,37). The largest absolute Gasteiger partial charge is 0.335 e. The van der Waals surface area contributed by atoms with Crippen LogP contribution >= 0.6 is 0 Å². The number of aromatic amines is 2. The molecule has 10 heteroatoms. The average molecular weight is 507 g/mol. The second-order valence-corrected chi connectivity index (χ2v) is 9.44. The number of rotatable bonds is 6. The number of nitrogens with one attached hydrogen (secondary N) is 3. The molecular formula is C28H23FN8O. The van der Waals surface area contributed by atoms with Gasteiger partial charge in [-0.2, -0.15) is 5.10 Å². The van der Waals surface area contributed by atoms with Crippen LogP contribution in [-0.4, -0.2) is 41.0 Å². The molecule has 1 amide bonds. The topological polar surface area (TPSA) is 125 Å². The Kier molecular flexibility index (Phi) is 5.83. The van der Waals surface area contributed by atoms with Gasteiger partial charge in [0.05, 0.1) is 41.0 Å². The van der Waals surface area contributed by atoms with E-state index in [1.807, 2.05) is 26.0 Å². The molecule has 188 valence electrons. The summed E-state index contributed by atoms with van der Waals surface area (Å²) in [5, 5.41) is 11.2. The van der Waals surface area contributed by atoms with Gasteiger partial charge in [-0.25, -0.2) is 9.37 Å². The Morgan fingerprint density at radius 3 is 2.68 bits per heavy atom. The molecule has 0 unspecified atom stereocenters. The first kappa shape index (κ1) is 23.4. The minimum absolute atomic E-state index is 0.0615. The lowest BCUT2D eigenvalue weighted by Gasteiger charge is -2.08. The molecule has 1 aromatic carbocycles. The molecule has 0 radical (unpaired) electrons. The van der Waals surface area contributed by atoms with Crippen LogP contribution in [0.15, 0.2) is 67.4 Å². The van der Waals surface area contributed by atoms with Gasteiger partial charge < -0.3 is 10.3 Å². The molecule has 0 saturated heterocycles. The summed E-state index contributed by atoms with van der Waals surface area (Å²) in [6.45, 7) is 3.99. The smallest absolute Gasteiger partial charge is 0.224 e. The van der Waals surface area contributed by atoms with E-state index in [2.05, 4.69) is 35.5 Å². The highest BCUT2D eigenvalue weighted by atomic mass is 19.1. The number of carbonyl (C=O) groups excluding carboxylic acids is 1. The molecule has 0 bridgehead atoms. The third-order valence-electron chi connectivity index (χ3n) is 6.14. The van der Waals surface area contributed by atoms with Crippen molar-refractivity contribution in [3.63, 3.8) is 0 Å². The monoisotopic (exact) mass is 506 g/mol. The van der Waals surface area contributed by atoms with Gasteiger partial charge in [-0.3, -0.25) is 24.8 Å². The van der Waals surface area contributed by atoms with Crippen LogP contribution in [0.2, 0.25) is 0 Å². The number of carbonyl (C=O) groups is 1. The van der Waals surface area contributed by atoms with Crippen LogP contribution in [0.3, 0.4) is 0 Å². The Bertz CT molecular complexity index is 1810. The molecule has 0 fully saturated rings. The summed E-state index contributed by atoms with van der Waals surface area (Å²) in [6, 6.07) is 10.3. The van der Waals surface area contributed by atoms with Crippen molar-refractivity contribution < 1.29 is 9.18 Å². The first-order valence-corrected chi connectivity index (χ1v) is 12.1. The summed E-state index contributed by atoms with van der Waals surface area (Å²) in [7, 11) is 0. The van der Waals surface area contributed by atoms with Gasteiger partial charge in [-0.1, -0.05) is 32.0 Å². The number of hydrogen-bond acceptors (Lipinski definition) is 6. The van der Waals surface area contributed by atoms with E-state index in [0.717, 1.165) is 16.5 Å². The molecule has 0 atom stereocenters. The Balaban J connectivity index is 1.39. The molecule has 9 nitrogen and oxygen atoms in total. The van der Waals surface area contributed by atoms with Crippen LogP contribution < -0.4 is 5.32 Å². The number of hydrogen-bond donors (Lipinski definition) is 3. The second-order valence-electron chi connectivity index (χ2n) is 9.44. The van der Waals surface area contributed by atoms with Crippen LogP contribution in [0.25, 0.3) is 55.8 Å². The van der Waals surface area contributed by atoms with Crippen LogP contribution in [0, 0.1) is 11.7 Å². The summed E-state index contributed by atoms with van der Waals surface area (Å²) < 4.78 is 14.5. The molecule has 5 heterocycles. The van der Waals surface area contributed by atoms with Crippen molar-refractivity contribution in [2.45, 2.75) is 20.3 Å². The molecule has 5 aromatic heterocycles. The lowest BCUT2D eigenvalue weighted by Crippen LogP contribution is -2.13. The van der Waals surface area contributed by atoms with Crippen molar-refractivity contribution in [1.29, 1.82) is 0 Å². The summed E-state index contributed by atoms with van der Waals surface area (Å²) in [4.78, 5) is 33.4. The third-order valence-corrected chi connectivity index (χ3v) is 6.14. The lowest BCUT2D eigenvalue weighted by molar-refractivity contribution is -0.116. The number of amides is 1. The molecule has 0 aliphatic carbocycles. The number of aromatic nitrogens is 7. The van der Waals surface area contributed by atoms with Crippen LogP contribution in [0.4, 0.5) is 10.1 Å². The van der Waals surface area contributed by atoms with E-state index in [9.17, 15) is 9.18 Å². The SMILES string of the molecule is CC(C)CC(=O)Nc1cncc(-c2cc3c(-c4nc5c(-c6ccccc6F)cncc5[nH]4)n[nH]c3cn2)c1. The van der Waals surface area contributed by atoms with Gasteiger partial charge in [0.25, 0.3) is 0 Å². The lowest BCUT2D eigenvalue weighted by atomic mass is 10.1. The zero-order valence-electron chi connectivity index (χ0n) is 20.7. The molecular weight excluding hydrogens is 483 g/mol. The highest BCUT2D eigenvalue weighted by molar-refractivity contribution is 5.97. The maximum Gasteiger partial charge on any atom is 0.224 e. The van der Waals surface area contributed by atoms with Crippen molar-refractivity contribution in [1.82, 2.24) is 35.1 Å². The number of anilines is 1. The summed E-state index contributed by atoms with van der Waals surface area (Å²) in [5.41, 5.74) is 5.62. The first-order chi connectivity index (χ1) is 18.5. The number of fused-ring (bicyclic) bond motifs is 2. The van der Waals surface area contributed by atoms with E-state index in [1.54, 1.807) is 49.2 Å². The maximum absolute atomic E-state index is 14.5. The molecule has 6 aromatic rings. The summed E-state index contributed by atoms with van der Waals surface area (Å²) >= 11 is 0. The van der Waals surface area contributed by atoms with Crippen molar-refractivity contribution in [3.05, 3.63) is 73.2 Å². The van der Waals surface area contributed by atoms with Crippen molar-refractivity contribution in [2.75, 3.05) is 5.32 Å². The molecule has 38 heavy (non-hydrogen) atoms. The average Bonchev–Trinajstić information content (AvgIpc) is 3.52. The predicted molar refractivity (Wildman–Crippen MR) is 143 cm³/mol. The normalized spacial score (nSPS) is 11.5. The summed E-state index contributed by atoms with van der Waals surface area (Å²) in [5.74, 6) is 0.366. The molecule has 0 spiro atoms. The first-order valence-electron chi connectivity index (χ1n) is 12.1. The highest BCUT2D eigenvalue weighted by Crippen LogP contribution is 2.33. The van der Waals surface area contributed by atoms with Gasteiger partial charge in [0.15, 0.2) is 5.82 Å². The van der Waals surface area contributed by atoms with Crippen LogP contribution in [0.1, 0.15) is 20.3 Å². The Morgan fingerprint density at radius 1 is 1.00 bits per heavy atom. The van der Waals surface area contributed by atoms with Gasteiger partial charge in [0.1, 0.15) is 17.0 Å². The van der Waals surface area contributed by atoms with Crippen molar-refractivity contribution in [3.8, 4) is 33.9 Å². The van der Waals surface area contributed by atoms with E-state index in [0.29, 0.717) is 51.5 Å². The fraction of sp³-hybridized carbons (Fsp3) is 0.143. The van der Waals surface area contributed by atoms with E-state index in [4.69, 9.17) is 4.98 Å². The number of nitrogens with zero attached hydrogens (tertiary/aromatic N) is 5. The van der Waals surface area contributed by atoms with Crippen molar-refractivity contribution >= 4 is 33.5 Å². The van der Waals surface area contributed by atoms with Gasteiger partial charge in [-0.05, 0) is 24.1 Å². The maximum atomic E-state index is 14.5. The van der Waals surface area contributed by atoms with Crippen LogP contribution in [-0.2, 0) is 4.79 Å². The molecule has 6 rings (SSSR count). The van der Waals surface area contributed by atoms with E-state index in [1.165, 1.54) is 6.07 Å². The van der Waals surface area contributed by atoms with Crippen molar-refractivity contribution in [2.24, 2.45) is 5.92 Å². The van der Waals surface area contributed by atoms with Crippen LogP contribution in [0.5, 0.6) is 0 Å². The molecule has 0 saturated carbocycles. The van der Waals surface area contributed by atoms with Gasteiger partial charge in [-0.15, -0.1) is 0 Å². The molecule has 0 aliphatic rings. The minimum Gasteiger partial charge on any atom is -0.335 e. The molecule has 3 N–H and O–H groups in total. The zero-order valence-corrected chi connectivity index (χ0v) is 20.7. The highest BCUT2D eigenvalue weighted by Gasteiger charge is 2.18. The van der Waals surface area contributed by atoms with E-state index >= 15 is 0 Å². The third kappa shape index (κ3) is 4.36. The van der Waals surface area contributed by atoms with Gasteiger partial charge >= 0.3 is 0 Å². The van der Waals surface area contributed by atoms with E-state index in [-0.39, 0.29) is 17.6 Å². The molecule has 0 aliphatic heterocycles. The number of benzene rings is 1. The quantitative estimate of drug-likeness (QED) is 0.264. The number of imidazole rings is 1. The predicted octanol–water partition coefficient (Wildman–Crippen LogP) is 5.75. The minimum atomic E-state index is -0.344. The number of halogens is 1. The fourth-order valence-electron chi connectivity index (χ4n) is 4.41. The van der Waals surface area contributed by atoms with Gasteiger partial charge in [0.2, 0.25) is 5.91 Å². The summed E-state index contributed by atoms with van der Waals surface area (Å²) in [6.07, 6.45) is 8.69. The number of pyridine rings is 3. The van der Waals surface area contributed by atoms with E-state index < -0.39 is 0 Å². The second kappa shape index (κ2) is 9.47. The van der Waals surface area contributed by atoms with Gasteiger partial charge in [0, 0.05) is 40.9 Å². The zero-order chi connectivity index (χ0) is 26.2. The number of H-pyrrole nitrogens is 2. The fourth-order valence-corrected chi connectivity index (χ4v) is 4.41. The Morgan fingerprint density at radius 2 is 1.84 bits per heavy atom. The Labute approximate surface area is 216 Å².